The molecule has 0 spiro atoms. The Kier molecular flexibility index (Phi) is 5.75. The first-order valence-electron chi connectivity index (χ1n) is 9.62. The van der Waals surface area contributed by atoms with Crippen LogP contribution in [0.15, 0.2) is 48.5 Å². The van der Waals surface area contributed by atoms with Crippen LogP contribution >= 0.6 is 0 Å². The molecule has 1 aliphatic heterocycles. The van der Waals surface area contributed by atoms with E-state index in [4.69, 9.17) is 9.31 Å². The normalized spacial score (nSPS) is 17.6. The van der Waals surface area contributed by atoms with Gasteiger partial charge in [0.25, 0.3) is 5.91 Å². The summed E-state index contributed by atoms with van der Waals surface area (Å²) in [6, 6.07) is 13.8. The minimum Gasteiger partial charge on any atom is -0.399 e. The van der Waals surface area contributed by atoms with Gasteiger partial charge in [-0.2, -0.15) is 0 Å². The van der Waals surface area contributed by atoms with Crippen LogP contribution in [0.1, 0.15) is 38.1 Å². The Bertz CT molecular complexity index is 1040. The number of amides is 1. The van der Waals surface area contributed by atoms with Crippen molar-refractivity contribution in [2.75, 3.05) is 22.9 Å². The average molecular weight is 430 g/mol. The zero-order chi connectivity index (χ0) is 22.3. The number of nitrogens with one attached hydrogen (secondary N) is 1. The Hall–Kier alpha value is -2.36. The van der Waals surface area contributed by atoms with Gasteiger partial charge in [-0.25, -0.2) is 8.42 Å². The number of hydrogen-bond acceptors (Lipinski definition) is 5. The second kappa shape index (κ2) is 7.72. The summed E-state index contributed by atoms with van der Waals surface area (Å²) < 4.78 is 37.5. The summed E-state index contributed by atoms with van der Waals surface area (Å²) in [6.07, 6.45) is 1.11. The SMILES string of the molecule is CN(c1ccc(B2OC(C)(C)C(C)(C)O2)cc1NC(=O)c1ccccc1)S(C)(=O)=O. The van der Waals surface area contributed by atoms with Crippen LogP contribution in [0, 0.1) is 0 Å². The highest BCUT2D eigenvalue weighted by Crippen LogP contribution is 2.37. The first kappa shape index (κ1) is 22.3. The van der Waals surface area contributed by atoms with Crippen molar-refractivity contribution in [2.24, 2.45) is 0 Å². The fourth-order valence-electron chi connectivity index (χ4n) is 3.02. The van der Waals surface area contributed by atoms with Crippen LogP contribution in [0.2, 0.25) is 0 Å². The lowest BCUT2D eigenvalue weighted by Crippen LogP contribution is -2.41. The van der Waals surface area contributed by atoms with E-state index in [9.17, 15) is 13.2 Å². The second-order valence-electron chi connectivity index (χ2n) is 8.42. The fraction of sp³-hybridized carbons (Fsp3) is 0.381. The Morgan fingerprint density at radius 2 is 1.57 bits per heavy atom. The van der Waals surface area contributed by atoms with E-state index < -0.39 is 28.3 Å². The molecule has 1 amide bonds. The number of nitrogens with zero attached hydrogens (tertiary/aromatic N) is 1. The Balaban J connectivity index is 2.01. The summed E-state index contributed by atoms with van der Waals surface area (Å²) in [4.78, 5) is 12.7. The van der Waals surface area contributed by atoms with Crippen LogP contribution in [-0.2, 0) is 19.3 Å². The third-order valence-corrected chi connectivity index (χ3v) is 6.86. The molecule has 1 heterocycles. The van der Waals surface area contributed by atoms with Gasteiger partial charge in [0, 0.05) is 12.6 Å². The maximum atomic E-state index is 12.7. The molecule has 0 radical (unpaired) electrons. The average Bonchev–Trinajstić information content (AvgIpc) is 2.88. The first-order valence-corrected chi connectivity index (χ1v) is 11.5. The van der Waals surface area contributed by atoms with Gasteiger partial charge < -0.3 is 14.6 Å². The number of carbonyl (C=O) groups is 1. The Labute approximate surface area is 178 Å². The van der Waals surface area contributed by atoms with E-state index in [1.54, 1.807) is 42.5 Å². The van der Waals surface area contributed by atoms with E-state index in [-0.39, 0.29) is 5.91 Å². The third kappa shape index (κ3) is 4.38. The lowest BCUT2D eigenvalue weighted by atomic mass is 9.78. The zero-order valence-corrected chi connectivity index (χ0v) is 18.9. The van der Waals surface area contributed by atoms with Gasteiger partial charge >= 0.3 is 7.12 Å². The molecule has 9 heteroatoms. The topological polar surface area (TPSA) is 84.9 Å². The largest absolute Gasteiger partial charge is 0.494 e. The van der Waals surface area contributed by atoms with Crippen LogP contribution < -0.4 is 15.1 Å². The van der Waals surface area contributed by atoms with Crippen LogP contribution in [0.3, 0.4) is 0 Å². The molecule has 0 aliphatic carbocycles. The monoisotopic (exact) mass is 430 g/mol. The lowest BCUT2D eigenvalue weighted by molar-refractivity contribution is 0.00578. The summed E-state index contributed by atoms with van der Waals surface area (Å²) in [5.74, 6) is -0.343. The van der Waals surface area contributed by atoms with Gasteiger partial charge in [-0.05, 0) is 57.4 Å². The number of benzene rings is 2. The number of hydrogen-bond donors (Lipinski definition) is 1. The summed E-state index contributed by atoms with van der Waals surface area (Å²) in [5, 5.41) is 2.83. The highest BCUT2D eigenvalue weighted by atomic mass is 32.2. The first-order chi connectivity index (χ1) is 13.8. The van der Waals surface area contributed by atoms with Crippen molar-refractivity contribution >= 4 is 39.9 Å². The highest BCUT2D eigenvalue weighted by Gasteiger charge is 2.51. The number of sulfonamides is 1. The summed E-state index contributed by atoms with van der Waals surface area (Å²) >= 11 is 0. The molecule has 1 N–H and O–H groups in total. The van der Waals surface area contributed by atoms with E-state index >= 15 is 0 Å². The van der Waals surface area contributed by atoms with Crippen molar-refractivity contribution in [3.05, 3.63) is 54.1 Å². The van der Waals surface area contributed by atoms with E-state index in [1.165, 1.54) is 7.05 Å². The van der Waals surface area contributed by atoms with Gasteiger partial charge in [0.1, 0.15) is 0 Å². The predicted octanol–water partition coefficient (Wildman–Crippen LogP) is 2.63. The molecule has 1 fully saturated rings. The summed E-state index contributed by atoms with van der Waals surface area (Å²) in [5.41, 5.74) is 0.806. The van der Waals surface area contributed by atoms with Crippen LogP contribution in [0.5, 0.6) is 0 Å². The maximum absolute atomic E-state index is 12.7. The van der Waals surface area contributed by atoms with Crippen molar-refractivity contribution in [1.82, 2.24) is 0 Å². The molecule has 0 aromatic heterocycles. The standard InChI is InChI=1S/C21H27BN2O5S/c1-20(2)21(3,4)29-22(28-20)16-12-13-18(24(5)30(6,26)27)17(14-16)23-19(25)15-10-8-7-9-11-15/h7-14H,1-6H3,(H,23,25). The van der Waals surface area contributed by atoms with Crippen molar-refractivity contribution in [3.63, 3.8) is 0 Å². The van der Waals surface area contributed by atoms with Crippen LogP contribution in [0.25, 0.3) is 0 Å². The van der Waals surface area contributed by atoms with Crippen molar-refractivity contribution in [3.8, 4) is 0 Å². The molecular formula is C21H27BN2O5S. The number of anilines is 2. The van der Waals surface area contributed by atoms with E-state index in [0.717, 1.165) is 10.6 Å². The van der Waals surface area contributed by atoms with Crippen molar-refractivity contribution in [2.45, 2.75) is 38.9 Å². The Morgan fingerprint density at radius 3 is 2.10 bits per heavy atom. The molecule has 2 aromatic rings. The molecule has 30 heavy (non-hydrogen) atoms. The molecule has 0 bridgehead atoms. The number of rotatable bonds is 5. The minimum atomic E-state index is -3.53. The molecule has 0 saturated carbocycles. The van der Waals surface area contributed by atoms with Gasteiger partial charge in [-0.3, -0.25) is 9.10 Å². The van der Waals surface area contributed by atoms with Gasteiger partial charge in [0.2, 0.25) is 10.0 Å². The third-order valence-electron chi connectivity index (χ3n) is 5.67. The van der Waals surface area contributed by atoms with Crippen molar-refractivity contribution in [1.29, 1.82) is 0 Å². The fourth-order valence-corrected chi connectivity index (χ4v) is 3.53. The molecule has 0 atom stereocenters. The molecule has 3 rings (SSSR count). The summed E-state index contributed by atoms with van der Waals surface area (Å²) in [6.45, 7) is 7.82. The van der Waals surface area contributed by atoms with Gasteiger partial charge in [0.05, 0.1) is 28.8 Å². The molecule has 160 valence electrons. The maximum Gasteiger partial charge on any atom is 0.494 e. The highest BCUT2D eigenvalue weighted by molar-refractivity contribution is 7.92. The van der Waals surface area contributed by atoms with E-state index in [2.05, 4.69) is 5.32 Å². The van der Waals surface area contributed by atoms with Crippen LogP contribution in [0.4, 0.5) is 11.4 Å². The van der Waals surface area contributed by atoms with Gasteiger partial charge in [-0.1, -0.05) is 24.3 Å². The molecular weight excluding hydrogens is 403 g/mol. The second-order valence-corrected chi connectivity index (χ2v) is 10.4. The lowest BCUT2D eigenvalue weighted by Gasteiger charge is -2.32. The van der Waals surface area contributed by atoms with Crippen molar-refractivity contribution < 1.29 is 22.5 Å². The molecule has 0 unspecified atom stereocenters. The minimum absolute atomic E-state index is 0.343. The quantitative estimate of drug-likeness (QED) is 0.738. The van der Waals surface area contributed by atoms with Crippen LogP contribution in [-0.4, -0.2) is 45.9 Å². The number of carbonyl (C=O) groups excluding carboxylic acids is 1. The van der Waals surface area contributed by atoms with E-state index in [0.29, 0.717) is 22.4 Å². The zero-order valence-electron chi connectivity index (χ0n) is 18.1. The summed E-state index contributed by atoms with van der Waals surface area (Å²) in [7, 11) is -2.73. The van der Waals surface area contributed by atoms with Gasteiger partial charge in [0.15, 0.2) is 0 Å². The smallest absolute Gasteiger partial charge is 0.399 e. The van der Waals surface area contributed by atoms with E-state index in [1.807, 2.05) is 33.8 Å². The van der Waals surface area contributed by atoms with Gasteiger partial charge in [-0.15, -0.1) is 0 Å². The molecule has 1 aliphatic rings. The molecule has 7 nitrogen and oxygen atoms in total. The Morgan fingerprint density at radius 1 is 1.00 bits per heavy atom. The molecule has 2 aromatic carbocycles. The predicted molar refractivity (Wildman–Crippen MR) is 120 cm³/mol. The molecule has 1 saturated heterocycles.